The maximum absolute atomic E-state index is 6.48. The molecule has 1 aromatic rings. The van der Waals surface area contributed by atoms with Crippen molar-refractivity contribution in [3.8, 4) is 0 Å². The number of nitrogens with two attached hydrogens (primary N) is 1. The van der Waals surface area contributed by atoms with Crippen LogP contribution < -0.4 is 10.6 Å². The topological polar surface area (TPSA) is 32.5 Å². The average molecular weight is 294 g/mol. The summed E-state index contributed by atoms with van der Waals surface area (Å²) in [5.74, 6) is 0. The number of benzene rings is 1. The van der Waals surface area contributed by atoms with Crippen molar-refractivity contribution >= 4 is 17.3 Å². The number of halogens is 1. The fourth-order valence-electron chi connectivity index (χ4n) is 3.52. The first-order valence-corrected chi connectivity index (χ1v) is 8.04. The minimum atomic E-state index is 0.0816. The number of piperazine rings is 1. The van der Waals surface area contributed by atoms with Crippen molar-refractivity contribution in [1.82, 2.24) is 4.90 Å². The van der Waals surface area contributed by atoms with Crippen molar-refractivity contribution in [2.45, 2.75) is 31.2 Å². The van der Waals surface area contributed by atoms with Gasteiger partial charge in [-0.25, -0.2) is 0 Å². The first-order chi connectivity index (χ1) is 9.65. The summed E-state index contributed by atoms with van der Waals surface area (Å²) >= 11 is 6.07. The maximum atomic E-state index is 6.48. The molecule has 0 spiro atoms. The molecule has 0 unspecified atom stereocenters. The zero-order valence-corrected chi connectivity index (χ0v) is 12.8. The van der Waals surface area contributed by atoms with E-state index in [0.717, 1.165) is 37.7 Å². The van der Waals surface area contributed by atoms with Crippen LogP contribution in [0.2, 0.25) is 5.02 Å². The number of hydrogen-bond acceptors (Lipinski definition) is 3. The Morgan fingerprint density at radius 3 is 2.45 bits per heavy atom. The van der Waals surface area contributed by atoms with Crippen LogP contribution in [-0.4, -0.2) is 43.2 Å². The molecule has 2 aliphatic rings. The van der Waals surface area contributed by atoms with Crippen LogP contribution in [0.15, 0.2) is 24.3 Å². The Hall–Kier alpha value is -0.770. The summed E-state index contributed by atoms with van der Waals surface area (Å²) < 4.78 is 0. The maximum Gasteiger partial charge on any atom is 0.0426 e. The highest BCUT2D eigenvalue weighted by Gasteiger charge is 2.32. The summed E-state index contributed by atoms with van der Waals surface area (Å²) in [4.78, 5) is 4.95. The Bertz CT molecular complexity index is 449. The van der Waals surface area contributed by atoms with Gasteiger partial charge in [0.15, 0.2) is 0 Å². The predicted octanol–water partition coefficient (Wildman–Crippen LogP) is 2.73. The molecule has 1 saturated heterocycles. The third-order valence-electron chi connectivity index (χ3n) is 4.68. The van der Waals surface area contributed by atoms with E-state index in [9.17, 15) is 0 Å². The molecule has 0 radical (unpaired) electrons. The normalized spacial score (nSPS) is 23.2. The molecule has 0 atom stereocenters. The molecule has 110 valence electrons. The highest BCUT2D eigenvalue weighted by molar-refractivity contribution is 6.30. The van der Waals surface area contributed by atoms with Crippen LogP contribution in [0, 0.1) is 0 Å². The first kappa shape index (κ1) is 14.2. The first-order valence-electron chi connectivity index (χ1n) is 7.66. The number of nitrogens with zero attached hydrogens (tertiary/aromatic N) is 2. The fraction of sp³-hybridized carbons (Fsp3) is 0.625. The third-order valence-corrected chi connectivity index (χ3v) is 4.92. The lowest BCUT2D eigenvalue weighted by Crippen LogP contribution is -2.54. The molecular formula is C16H24ClN3. The van der Waals surface area contributed by atoms with Gasteiger partial charge in [-0.05, 0) is 31.0 Å². The van der Waals surface area contributed by atoms with Crippen molar-refractivity contribution in [3.05, 3.63) is 29.3 Å². The molecule has 4 heteroatoms. The Balaban J connectivity index is 1.54. The Kier molecular flexibility index (Phi) is 4.20. The molecule has 2 fully saturated rings. The average Bonchev–Trinajstić information content (AvgIpc) is 2.86. The number of anilines is 1. The van der Waals surface area contributed by atoms with Crippen LogP contribution in [0.25, 0.3) is 0 Å². The van der Waals surface area contributed by atoms with Gasteiger partial charge in [-0.1, -0.05) is 30.5 Å². The van der Waals surface area contributed by atoms with Crippen molar-refractivity contribution < 1.29 is 0 Å². The van der Waals surface area contributed by atoms with Gasteiger partial charge in [-0.3, -0.25) is 4.90 Å². The van der Waals surface area contributed by atoms with Crippen molar-refractivity contribution in [1.29, 1.82) is 0 Å². The minimum Gasteiger partial charge on any atom is -0.369 e. The second-order valence-electron chi connectivity index (χ2n) is 6.31. The van der Waals surface area contributed by atoms with E-state index in [4.69, 9.17) is 17.3 Å². The van der Waals surface area contributed by atoms with Crippen molar-refractivity contribution in [2.24, 2.45) is 5.73 Å². The number of rotatable bonds is 3. The van der Waals surface area contributed by atoms with Gasteiger partial charge in [0.05, 0.1) is 0 Å². The molecular weight excluding hydrogens is 270 g/mol. The van der Waals surface area contributed by atoms with Crippen LogP contribution in [-0.2, 0) is 0 Å². The van der Waals surface area contributed by atoms with Crippen LogP contribution in [0.5, 0.6) is 0 Å². The standard InChI is InChI=1S/C16H24ClN3/c17-14-4-3-5-15(12-14)20-10-8-19(9-11-20)13-16(18)6-1-2-7-16/h3-5,12H,1-2,6-11,13,18H2. The smallest absolute Gasteiger partial charge is 0.0426 e. The molecule has 2 N–H and O–H groups in total. The van der Waals surface area contributed by atoms with E-state index < -0.39 is 0 Å². The van der Waals surface area contributed by atoms with Gasteiger partial charge in [0, 0.05) is 49.0 Å². The molecule has 3 nitrogen and oxygen atoms in total. The summed E-state index contributed by atoms with van der Waals surface area (Å²) in [7, 11) is 0. The van der Waals surface area contributed by atoms with Crippen molar-refractivity contribution in [2.75, 3.05) is 37.6 Å². The molecule has 0 bridgehead atoms. The molecule has 1 aliphatic heterocycles. The second-order valence-corrected chi connectivity index (χ2v) is 6.75. The lowest BCUT2D eigenvalue weighted by Gasteiger charge is -2.39. The molecule has 0 aromatic heterocycles. The lowest BCUT2D eigenvalue weighted by atomic mass is 9.98. The van der Waals surface area contributed by atoms with E-state index in [0.29, 0.717) is 0 Å². The highest BCUT2D eigenvalue weighted by atomic mass is 35.5. The molecule has 1 saturated carbocycles. The summed E-state index contributed by atoms with van der Waals surface area (Å²) in [6.07, 6.45) is 5.00. The van der Waals surface area contributed by atoms with E-state index in [1.165, 1.54) is 31.4 Å². The molecule has 1 aliphatic carbocycles. The Morgan fingerprint density at radius 1 is 1.10 bits per heavy atom. The Morgan fingerprint density at radius 2 is 1.80 bits per heavy atom. The largest absolute Gasteiger partial charge is 0.369 e. The third kappa shape index (κ3) is 3.27. The van der Waals surface area contributed by atoms with Gasteiger partial charge in [0.2, 0.25) is 0 Å². The molecule has 3 rings (SSSR count). The van der Waals surface area contributed by atoms with Gasteiger partial charge in [-0.2, -0.15) is 0 Å². The monoisotopic (exact) mass is 293 g/mol. The zero-order chi connectivity index (χ0) is 14.0. The number of hydrogen-bond donors (Lipinski definition) is 1. The van der Waals surface area contributed by atoms with Gasteiger partial charge in [0.1, 0.15) is 0 Å². The molecule has 0 amide bonds. The molecule has 1 heterocycles. The van der Waals surface area contributed by atoms with Crippen LogP contribution >= 0.6 is 11.6 Å². The zero-order valence-electron chi connectivity index (χ0n) is 12.0. The quantitative estimate of drug-likeness (QED) is 0.930. The molecule has 20 heavy (non-hydrogen) atoms. The summed E-state index contributed by atoms with van der Waals surface area (Å²) in [6, 6.07) is 8.15. The van der Waals surface area contributed by atoms with Crippen LogP contribution in [0.3, 0.4) is 0 Å². The summed E-state index contributed by atoms with van der Waals surface area (Å²) in [5, 5.41) is 0.816. The lowest BCUT2D eigenvalue weighted by molar-refractivity contribution is 0.199. The Labute approximate surface area is 126 Å². The highest BCUT2D eigenvalue weighted by Crippen LogP contribution is 2.28. The van der Waals surface area contributed by atoms with Crippen molar-refractivity contribution in [3.63, 3.8) is 0 Å². The second kappa shape index (κ2) is 5.92. The van der Waals surface area contributed by atoms with E-state index in [1.807, 2.05) is 12.1 Å². The summed E-state index contributed by atoms with van der Waals surface area (Å²) in [5.41, 5.74) is 7.80. The van der Waals surface area contributed by atoms with Crippen LogP contribution in [0.1, 0.15) is 25.7 Å². The fourth-order valence-corrected chi connectivity index (χ4v) is 3.70. The SMILES string of the molecule is NC1(CN2CCN(c3cccc(Cl)c3)CC2)CCCC1. The van der Waals surface area contributed by atoms with E-state index in [2.05, 4.69) is 21.9 Å². The van der Waals surface area contributed by atoms with E-state index >= 15 is 0 Å². The van der Waals surface area contributed by atoms with Gasteiger partial charge >= 0.3 is 0 Å². The minimum absolute atomic E-state index is 0.0816. The summed E-state index contributed by atoms with van der Waals surface area (Å²) in [6.45, 7) is 5.40. The van der Waals surface area contributed by atoms with Gasteiger partial charge in [-0.15, -0.1) is 0 Å². The van der Waals surface area contributed by atoms with Gasteiger partial charge < -0.3 is 10.6 Å². The van der Waals surface area contributed by atoms with E-state index in [1.54, 1.807) is 0 Å². The predicted molar refractivity (Wildman–Crippen MR) is 85.5 cm³/mol. The van der Waals surface area contributed by atoms with Crippen LogP contribution in [0.4, 0.5) is 5.69 Å². The molecule has 1 aromatic carbocycles. The van der Waals surface area contributed by atoms with E-state index in [-0.39, 0.29) is 5.54 Å². The van der Waals surface area contributed by atoms with Gasteiger partial charge in [0.25, 0.3) is 0 Å².